The van der Waals surface area contributed by atoms with Crippen molar-refractivity contribution in [3.05, 3.63) is 65.5 Å². The molecule has 0 radical (unpaired) electrons. The van der Waals surface area contributed by atoms with E-state index < -0.39 is 0 Å². The van der Waals surface area contributed by atoms with Gasteiger partial charge in [-0.3, -0.25) is 14.7 Å². The molecule has 0 bridgehead atoms. The van der Waals surface area contributed by atoms with E-state index in [9.17, 15) is 13.6 Å². The van der Waals surface area contributed by atoms with Gasteiger partial charge in [-0.15, -0.1) is 0 Å². The van der Waals surface area contributed by atoms with Gasteiger partial charge in [0.05, 0.1) is 5.69 Å². The smallest absolute Gasteiger partial charge is 0.217 e. The number of rotatable bonds is 5. The molecule has 4 nitrogen and oxygen atoms in total. The van der Waals surface area contributed by atoms with Gasteiger partial charge in [-0.1, -0.05) is 12.1 Å². The minimum Gasteiger partial charge on any atom is -0.352 e. The van der Waals surface area contributed by atoms with Gasteiger partial charge in [-0.05, 0) is 55.6 Å². The summed E-state index contributed by atoms with van der Waals surface area (Å²) in [5, 5.41) is 3.01. The van der Waals surface area contributed by atoms with Gasteiger partial charge < -0.3 is 5.32 Å². The largest absolute Gasteiger partial charge is 0.352 e. The molecule has 0 saturated carbocycles. The number of carbonyl (C=O) groups excluding carboxylic acids is 1. The lowest BCUT2D eigenvalue weighted by Crippen LogP contribution is -2.55. The van der Waals surface area contributed by atoms with Gasteiger partial charge >= 0.3 is 0 Å². The van der Waals surface area contributed by atoms with Crippen LogP contribution in [-0.4, -0.2) is 34.4 Å². The van der Waals surface area contributed by atoms with Crippen molar-refractivity contribution in [3.8, 4) is 0 Å². The van der Waals surface area contributed by atoms with Crippen molar-refractivity contribution in [1.82, 2.24) is 15.2 Å². The second-order valence-corrected chi connectivity index (χ2v) is 6.75. The third-order valence-electron chi connectivity index (χ3n) is 4.80. The Labute approximate surface area is 152 Å². The zero-order valence-corrected chi connectivity index (χ0v) is 14.8. The summed E-state index contributed by atoms with van der Waals surface area (Å²) in [6.07, 6.45) is 3.91. The first-order chi connectivity index (χ1) is 12.5. The van der Waals surface area contributed by atoms with Gasteiger partial charge in [-0.2, -0.15) is 0 Å². The topological polar surface area (TPSA) is 45.2 Å². The van der Waals surface area contributed by atoms with E-state index in [2.05, 4.69) is 15.2 Å². The predicted octanol–water partition coefficient (Wildman–Crippen LogP) is 3.07. The van der Waals surface area contributed by atoms with Crippen molar-refractivity contribution in [2.75, 3.05) is 6.54 Å². The molecule has 1 N–H and O–H groups in total. The number of benzene rings is 1. The number of nitrogens with zero attached hydrogens (tertiary/aromatic N) is 2. The minimum absolute atomic E-state index is 0.0455. The molecule has 1 saturated heterocycles. The summed E-state index contributed by atoms with van der Waals surface area (Å²) in [5.41, 5.74) is 1.25. The zero-order chi connectivity index (χ0) is 18.5. The SMILES string of the molecule is CC(=O)N[C@H]1CCCN(Cc2ncccc2F)[C@H]1Cc1cccc(F)c1. The Balaban J connectivity index is 1.84. The van der Waals surface area contributed by atoms with Crippen LogP contribution in [0.2, 0.25) is 0 Å². The zero-order valence-electron chi connectivity index (χ0n) is 14.8. The average molecular weight is 359 g/mol. The van der Waals surface area contributed by atoms with Crippen LogP contribution in [0.4, 0.5) is 8.78 Å². The normalized spacial score (nSPS) is 20.7. The van der Waals surface area contributed by atoms with Crippen LogP contribution in [-0.2, 0) is 17.8 Å². The van der Waals surface area contributed by atoms with Crippen molar-refractivity contribution in [2.24, 2.45) is 0 Å². The highest BCUT2D eigenvalue weighted by molar-refractivity contribution is 5.73. The fourth-order valence-corrected chi connectivity index (χ4v) is 3.66. The first-order valence-electron chi connectivity index (χ1n) is 8.88. The van der Waals surface area contributed by atoms with Crippen LogP contribution in [0.25, 0.3) is 0 Å². The number of likely N-dealkylation sites (tertiary alicyclic amines) is 1. The number of amides is 1. The third kappa shape index (κ3) is 4.64. The van der Waals surface area contributed by atoms with E-state index in [1.54, 1.807) is 18.3 Å². The summed E-state index contributed by atoms with van der Waals surface area (Å²) < 4.78 is 27.6. The Kier molecular flexibility index (Phi) is 5.93. The quantitative estimate of drug-likeness (QED) is 0.892. The molecule has 2 aromatic rings. The monoisotopic (exact) mass is 359 g/mol. The summed E-state index contributed by atoms with van der Waals surface area (Å²) in [6.45, 7) is 2.64. The number of hydrogen-bond acceptors (Lipinski definition) is 3. The average Bonchev–Trinajstić information content (AvgIpc) is 2.59. The number of aromatic nitrogens is 1. The molecule has 2 atom stereocenters. The van der Waals surface area contributed by atoms with E-state index in [1.165, 1.54) is 25.1 Å². The molecule has 6 heteroatoms. The fourth-order valence-electron chi connectivity index (χ4n) is 3.66. The molecular weight excluding hydrogens is 336 g/mol. The number of piperidine rings is 1. The molecule has 26 heavy (non-hydrogen) atoms. The number of nitrogens with one attached hydrogen (secondary N) is 1. The second kappa shape index (κ2) is 8.36. The molecule has 0 spiro atoms. The van der Waals surface area contributed by atoms with Crippen molar-refractivity contribution in [3.63, 3.8) is 0 Å². The van der Waals surface area contributed by atoms with Gasteiger partial charge in [0, 0.05) is 31.7 Å². The summed E-state index contributed by atoms with van der Waals surface area (Å²) >= 11 is 0. The molecule has 1 amide bonds. The highest BCUT2D eigenvalue weighted by atomic mass is 19.1. The Morgan fingerprint density at radius 1 is 1.31 bits per heavy atom. The van der Waals surface area contributed by atoms with Crippen LogP contribution in [0.5, 0.6) is 0 Å². The van der Waals surface area contributed by atoms with Gasteiger partial charge in [-0.25, -0.2) is 8.78 Å². The first-order valence-corrected chi connectivity index (χ1v) is 8.88. The molecule has 1 aromatic heterocycles. The van der Waals surface area contributed by atoms with Crippen molar-refractivity contribution < 1.29 is 13.6 Å². The summed E-state index contributed by atoms with van der Waals surface area (Å²) in [7, 11) is 0. The molecule has 2 heterocycles. The Hall–Kier alpha value is -2.34. The lowest BCUT2D eigenvalue weighted by molar-refractivity contribution is -0.120. The summed E-state index contributed by atoms with van der Waals surface area (Å²) in [5.74, 6) is -0.708. The standard InChI is InChI=1S/C20H23F2N3O/c1-14(26)24-18-8-4-10-25(13-19-17(22)7-3-9-23-19)20(18)12-15-5-2-6-16(21)11-15/h2-3,5-7,9,11,18,20H,4,8,10,12-13H2,1H3,(H,24,26)/t18-,20-/m0/s1. The summed E-state index contributed by atoms with van der Waals surface area (Å²) in [6, 6.07) is 9.35. The molecule has 3 rings (SSSR count). The molecule has 138 valence electrons. The molecule has 0 aliphatic carbocycles. The van der Waals surface area contributed by atoms with Crippen LogP contribution in [0, 0.1) is 11.6 Å². The van der Waals surface area contributed by atoms with Crippen LogP contribution in [0.3, 0.4) is 0 Å². The van der Waals surface area contributed by atoms with E-state index in [0.717, 1.165) is 24.9 Å². The van der Waals surface area contributed by atoms with E-state index in [1.807, 2.05) is 6.07 Å². The highest BCUT2D eigenvalue weighted by Crippen LogP contribution is 2.24. The van der Waals surface area contributed by atoms with Crippen LogP contribution < -0.4 is 5.32 Å². The van der Waals surface area contributed by atoms with Crippen molar-refractivity contribution in [1.29, 1.82) is 0 Å². The number of hydrogen-bond donors (Lipinski definition) is 1. The highest BCUT2D eigenvalue weighted by Gasteiger charge is 2.32. The molecule has 1 fully saturated rings. The minimum atomic E-state index is -0.335. The first kappa shape index (κ1) is 18.5. The van der Waals surface area contributed by atoms with Crippen molar-refractivity contribution >= 4 is 5.91 Å². The fraction of sp³-hybridized carbons (Fsp3) is 0.400. The third-order valence-corrected chi connectivity index (χ3v) is 4.80. The van der Waals surface area contributed by atoms with Gasteiger partial charge in [0.15, 0.2) is 0 Å². The lowest BCUT2D eigenvalue weighted by atomic mass is 9.90. The number of pyridine rings is 1. The Morgan fingerprint density at radius 3 is 2.88 bits per heavy atom. The second-order valence-electron chi connectivity index (χ2n) is 6.75. The van der Waals surface area contributed by atoms with E-state index in [-0.39, 0.29) is 29.6 Å². The molecule has 0 unspecified atom stereocenters. The van der Waals surface area contributed by atoms with Crippen molar-refractivity contribution in [2.45, 2.75) is 44.8 Å². The molecular formula is C20H23F2N3O. The molecule has 1 aliphatic heterocycles. The Bertz CT molecular complexity index is 768. The lowest BCUT2D eigenvalue weighted by Gasteiger charge is -2.41. The van der Waals surface area contributed by atoms with Gasteiger partial charge in [0.25, 0.3) is 0 Å². The number of halogens is 2. The van der Waals surface area contributed by atoms with E-state index in [4.69, 9.17) is 0 Å². The van der Waals surface area contributed by atoms with E-state index >= 15 is 0 Å². The summed E-state index contributed by atoms with van der Waals surface area (Å²) in [4.78, 5) is 17.9. The number of carbonyl (C=O) groups is 1. The van der Waals surface area contributed by atoms with Crippen LogP contribution in [0.15, 0.2) is 42.6 Å². The van der Waals surface area contributed by atoms with Gasteiger partial charge in [0.2, 0.25) is 5.91 Å². The molecule has 1 aliphatic rings. The Morgan fingerprint density at radius 2 is 2.15 bits per heavy atom. The van der Waals surface area contributed by atoms with Crippen LogP contribution >= 0.6 is 0 Å². The maximum Gasteiger partial charge on any atom is 0.217 e. The predicted molar refractivity (Wildman–Crippen MR) is 95.3 cm³/mol. The van der Waals surface area contributed by atoms with E-state index in [0.29, 0.717) is 18.7 Å². The maximum absolute atomic E-state index is 14.1. The maximum atomic E-state index is 14.1. The van der Waals surface area contributed by atoms with Crippen LogP contribution in [0.1, 0.15) is 31.0 Å². The molecule has 1 aromatic carbocycles. The van der Waals surface area contributed by atoms with Gasteiger partial charge in [0.1, 0.15) is 11.6 Å².